The Balaban J connectivity index is 1.62. The molecular weight excluding hydrogens is 252 g/mol. The molecule has 0 fully saturated rings. The summed E-state index contributed by atoms with van der Waals surface area (Å²) in [4.78, 5) is 4.19. The van der Waals surface area contributed by atoms with Crippen molar-refractivity contribution in [3.63, 3.8) is 0 Å². The minimum Gasteiger partial charge on any atom is -0.492 e. The predicted molar refractivity (Wildman–Crippen MR) is 76.8 cm³/mol. The molecule has 0 aliphatic heterocycles. The lowest BCUT2D eigenvalue weighted by molar-refractivity contribution is 0.156. The molecule has 1 aromatic heterocycles. The summed E-state index contributed by atoms with van der Waals surface area (Å²) >= 11 is 0. The van der Waals surface area contributed by atoms with Crippen LogP contribution in [0.25, 0.3) is 0 Å². The van der Waals surface area contributed by atoms with Crippen LogP contribution in [0.15, 0.2) is 30.6 Å². The van der Waals surface area contributed by atoms with E-state index in [2.05, 4.69) is 15.6 Å². The van der Waals surface area contributed by atoms with Gasteiger partial charge in [0.2, 0.25) is 0 Å². The third kappa shape index (κ3) is 2.70. The standard InChI is InChI=1S/C16H20N2O2/c1-12-17-7-8-18(12)9-10-20-14-5-6-15-13(11-14)3-2-4-16(15)19/h5-8,11,16,19H,2-4,9-10H2,1H3. The average molecular weight is 272 g/mol. The highest BCUT2D eigenvalue weighted by atomic mass is 16.5. The first kappa shape index (κ1) is 13.2. The summed E-state index contributed by atoms with van der Waals surface area (Å²) in [6, 6.07) is 6.02. The molecule has 1 unspecified atom stereocenters. The van der Waals surface area contributed by atoms with E-state index >= 15 is 0 Å². The fourth-order valence-corrected chi connectivity index (χ4v) is 2.76. The Hall–Kier alpha value is -1.81. The van der Waals surface area contributed by atoms with Crippen LogP contribution in [0.2, 0.25) is 0 Å². The van der Waals surface area contributed by atoms with Crippen molar-refractivity contribution in [2.45, 2.75) is 38.8 Å². The van der Waals surface area contributed by atoms with Gasteiger partial charge in [-0.25, -0.2) is 4.98 Å². The highest BCUT2D eigenvalue weighted by Crippen LogP contribution is 2.31. The Morgan fingerprint density at radius 1 is 1.45 bits per heavy atom. The molecule has 20 heavy (non-hydrogen) atoms. The number of hydrogen-bond acceptors (Lipinski definition) is 3. The number of aliphatic hydroxyl groups is 1. The van der Waals surface area contributed by atoms with Crippen molar-refractivity contribution in [2.24, 2.45) is 0 Å². The minimum absolute atomic E-state index is 0.304. The number of rotatable bonds is 4. The molecule has 4 heteroatoms. The molecular formula is C16H20N2O2. The van der Waals surface area contributed by atoms with Crippen LogP contribution >= 0.6 is 0 Å². The van der Waals surface area contributed by atoms with Gasteiger partial charge in [0, 0.05) is 12.4 Å². The van der Waals surface area contributed by atoms with E-state index in [0.29, 0.717) is 6.61 Å². The maximum atomic E-state index is 9.93. The van der Waals surface area contributed by atoms with E-state index in [-0.39, 0.29) is 6.10 Å². The van der Waals surface area contributed by atoms with Crippen LogP contribution in [0.5, 0.6) is 5.75 Å². The van der Waals surface area contributed by atoms with Gasteiger partial charge in [0.1, 0.15) is 18.2 Å². The second-order valence-electron chi connectivity index (χ2n) is 5.28. The summed E-state index contributed by atoms with van der Waals surface area (Å²) in [5.41, 5.74) is 2.29. The molecule has 0 radical (unpaired) electrons. The van der Waals surface area contributed by atoms with Gasteiger partial charge in [0.25, 0.3) is 0 Å². The topological polar surface area (TPSA) is 47.3 Å². The molecule has 3 rings (SSSR count). The second kappa shape index (κ2) is 5.67. The van der Waals surface area contributed by atoms with Crippen molar-refractivity contribution in [1.82, 2.24) is 9.55 Å². The number of aliphatic hydroxyl groups excluding tert-OH is 1. The highest BCUT2D eigenvalue weighted by Gasteiger charge is 2.17. The first-order valence-corrected chi connectivity index (χ1v) is 7.15. The van der Waals surface area contributed by atoms with Gasteiger partial charge in [0.05, 0.1) is 12.6 Å². The smallest absolute Gasteiger partial charge is 0.119 e. The number of ether oxygens (including phenoxy) is 1. The summed E-state index contributed by atoms with van der Waals surface area (Å²) in [5.74, 6) is 1.89. The van der Waals surface area contributed by atoms with Crippen molar-refractivity contribution in [3.05, 3.63) is 47.5 Å². The molecule has 1 aliphatic rings. The maximum Gasteiger partial charge on any atom is 0.119 e. The van der Waals surface area contributed by atoms with Gasteiger partial charge in [0.15, 0.2) is 0 Å². The molecule has 0 saturated carbocycles. The fraction of sp³-hybridized carbons (Fsp3) is 0.438. The average Bonchev–Trinajstić information content (AvgIpc) is 2.85. The molecule has 1 aromatic carbocycles. The van der Waals surface area contributed by atoms with Gasteiger partial charge >= 0.3 is 0 Å². The Labute approximate surface area is 119 Å². The van der Waals surface area contributed by atoms with E-state index in [4.69, 9.17) is 4.74 Å². The molecule has 106 valence electrons. The van der Waals surface area contributed by atoms with Gasteiger partial charge in [-0.1, -0.05) is 6.07 Å². The quantitative estimate of drug-likeness (QED) is 0.930. The minimum atomic E-state index is -0.304. The monoisotopic (exact) mass is 272 g/mol. The maximum absolute atomic E-state index is 9.93. The van der Waals surface area contributed by atoms with Crippen LogP contribution < -0.4 is 4.74 Å². The normalized spacial score (nSPS) is 17.8. The Kier molecular flexibility index (Phi) is 3.74. The molecule has 1 N–H and O–H groups in total. The molecule has 1 atom stereocenters. The fourth-order valence-electron chi connectivity index (χ4n) is 2.76. The first-order valence-electron chi connectivity index (χ1n) is 7.15. The van der Waals surface area contributed by atoms with Gasteiger partial charge in [-0.2, -0.15) is 0 Å². The van der Waals surface area contributed by atoms with Crippen molar-refractivity contribution in [1.29, 1.82) is 0 Å². The van der Waals surface area contributed by atoms with Gasteiger partial charge in [-0.3, -0.25) is 0 Å². The van der Waals surface area contributed by atoms with Gasteiger partial charge < -0.3 is 14.4 Å². The van der Waals surface area contributed by atoms with E-state index in [9.17, 15) is 5.11 Å². The van der Waals surface area contributed by atoms with E-state index in [0.717, 1.165) is 42.9 Å². The van der Waals surface area contributed by atoms with Crippen LogP contribution in [-0.4, -0.2) is 21.3 Å². The number of benzene rings is 1. The van der Waals surface area contributed by atoms with Crippen LogP contribution in [0.3, 0.4) is 0 Å². The zero-order chi connectivity index (χ0) is 13.9. The van der Waals surface area contributed by atoms with Gasteiger partial charge in [-0.05, 0) is 49.4 Å². The zero-order valence-corrected chi connectivity index (χ0v) is 11.7. The number of aryl methyl sites for hydroxylation is 2. The van der Waals surface area contributed by atoms with Crippen molar-refractivity contribution >= 4 is 0 Å². The third-order valence-electron chi connectivity index (χ3n) is 3.92. The molecule has 0 saturated heterocycles. The summed E-state index contributed by atoms with van der Waals surface area (Å²) in [5, 5.41) is 9.93. The van der Waals surface area contributed by atoms with E-state index in [1.54, 1.807) is 6.20 Å². The Morgan fingerprint density at radius 2 is 2.35 bits per heavy atom. The molecule has 1 aliphatic carbocycles. The van der Waals surface area contributed by atoms with Crippen LogP contribution in [-0.2, 0) is 13.0 Å². The SMILES string of the molecule is Cc1nccn1CCOc1ccc2c(c1)CCCC2O. The Morgan fingerprint density at radius 3 is 3.15 bits per heavy atom. The van der Waals surface area contributed by atoms with Crippen LogP contribution in [0.1, 0.15) is 35.9 Å². The third-order valence-corrected chi connectivity index (χ3v) is 3.92. The largest absolute Gasteiger partial charge is 0.492 e. The summed E-state index contributed by atoms with van der Waals surface area (Å²) < 4.78 is 7.88. The molecule has 1 heterocycles. The predicted octanol–water partition coefficient (Wildman–Crippen LogP) is 2.64. The molecule has 0 spiro atoms. The van der Waals surface area contributed by atoms with Crippen molar-refractivity contribution in [3.8, 4) is 5.75 Å². The number of imidazole rings is 1. The van der Waals surface area contributed by atoms with E-state index in [1.807, 2.05) is 25.3 Å². The number of fused-ring (bicyclic) bond motifs is 1. The molecule has 0 bridgehead atoms. The lowest BCUT2D eigenvalue weighted by Gasteiger charge is -2.21. The lowest BCUT2D eigenvalue weighted by atomic mass is 9.89. The zero-order valence-electron chi connectivity index (χ0n) is 11.7. The highest BCUT2D eigenvalue weighted by molar-refractivity contribution is 5.38. The molecule has 4 nitrogen and oxygen atoms in total. The lowest BCUT2D eigenvalue weighted by Crippen LogP contribution is -2.11. The van der Waals surface area contributed by atoms with Gasteiger partial charge in [-0.15, -0.1) is 0 Å². The molecule has 0 amide bonds. The number of aromatic nitrogens is 2. The van der Waals surface area contributed by atoms with Crippen molar-refractivity contribution < 1.29 is 9.84 Å². The summed E-state index contributed by atoms with van der Waals surface area (Å²) in [7, 11) is 0. The first-order chi connectivity index (χ1) is 9.74. The molecule has 2 aromatic rings. The summed E-state index contributed by atoms with van der Waals surface area (Å²) in [6.45, 7) is 3.41. The van der Waals surface area contributed by atoms with E-state index < -0.39 is 0 Å². The van der Waals surface area contributed by atoms with Crippen LogP contribution in [0, 0.1) is 6.92 Å². The number of hydrogen-bond donors (Lipinski definition) is 1. The summed E-state index contributed by atoms with van der Waals surface area (Å²) in [6.07, 6.45) is 6.40. The van der Waals surface area contributed by atoms with Crippen molar-refractivity contribution in [2.75, 3.05) is 6.61 Å². The van der Waals surface area contributed by atoms with Crippen LogP contribution in [0.4, 0.5) is 0 Å². The second-order valence-corrected chi connectivity index (χ2v) is 5.28. The Bertz CT molecular complexity index is 592. The van der Waals surface area contributed by atoms with E-state index in [1.165, 1.54) is 5.56 Å². The number of nitrogens with zero attached hydrogens (tertiary/aromatic N) is 2.